The van der Waals surface area contributed by atoms with Crippen LogP contribution in [0.3, 0.4) is 0 Å². The molecule has 0 radical (unpaired) electrons. The van der Waals surface area contributed by atoms with E-state index < -0.39 is 0 Å². The highest BCUT2D eigenvalue weighted by Crippen LogP contribution is 2.17. The summed E-state index contributed by atoms with van der Waals surface area (Å²) in [4.78, 5) is 12.6. The second-order valence-corrected chi connectivity index (χ2v) is 4.14. The van der Waals surface area contributed by atoms with Crippen molar-refractivity contribution < 1.29 is 4.79 Å². The molecule has 2 heterocycles. The normalized spacial score (nSPS) is 10.3. The maximum absolute atomic E-state index is 11.8. The van der Waals surface area contributed by atoms with Crippen molar-refractivity contribution in [2.75, 3.05) is 5.32 Å². The molecule has 0 saturated heterocycles. The number of amides is 1. The summed E-state index contributed by atoms with van der Waals surface area (Å²) in [5, 5.41) is 8.69. The van der Waals surface area contributed by atoms with Crippen LogP contribution in [0.15, 0.2) is 23.7 Å². The van der Waals surface area contributed by atoms with Crippen LogP contribution in [0.25, 0.3) is 0 Å². The lowest BCUT2D eigenvalue weighted by molar-refractivity contribution is 0.102. The molecule has 0 aromatic carbocycles. The zero-order valence-electron chi connectivity index (χ0n) is 8.52. The minimum Gasteiger partial charge on any atom is -0.306 e. The van der Waals surface area contributed by atoms with Gasteiger partial charge >= 0.3 is 0 Å². The monoisotopic (exact) mass is 221 g/mol. The van der Waals surface area contributed by atoms with Crippen LogP contribution in [0.4, 0.5) is 5.82 Å². The van der Waals surface area contributed by atoms with E-state index in [9.17, 15) is 4.79 Å². The van der Waals surface area contributed by atoms with Crippen molar-refractivity contribution in [1.82, 2.24) is 9.78 Å². The Kier molecular flexibility index (Phi) is 2.55. The Hall–Kier alpha value is -1.62. The first-order valence-electron chi connectivity index (χ1n) is 4.52. The van der Waals surface area contributed by atoms with Gasteiger partial charge in [-0.25, -0.2) is 0 Å². The van der Waals surface area contributed by atoms with Gasteiger partial charge in [-0.3, -0.25) is 9.48 Å². The number of aryl methyl sites for hydroxylation is 2. The van der Waals surface area contributed by atoms with Crippen molar-refractivity contribution in [3.63, 3.8) is 0 Å². The van der Waals surface area contributed by atoms with Gasteiger partial charge in [-0.15, -0.1) is 11.3 Å². The largest absolute Gasteiger partial charge is 0.306 e. The Morgan fingerprint density at radius 2 is 2.33 bits per heavy atom. The SMILES string of the molecule is Cc1ccsc1C(=O)Nc1ccnn1C. The molecule has 1 amide bonds. The summed E-state index contributed by atoms with van der Waals surface area (Å²) in [7, 11) is 1.79. The second kappa shape index (κ2) is 3.86. The van der Waals surface area contributed by atoms with E-state index in [1.807, 2.05) is 18.4 Å². The highest BCUT2D eigenvalue weighted by molar-refractivity contribution is 7.12. The predicted molar refractivity (Wildman–Crippen MR) is 60.2 cm³/mol. The van der Waals surface area contributed by atoms with E-state index in [-0.39, 0.29) is 5.91 Å². The van der Waals surface area contributed by atoms with Gasteiger partial charge in [0.25, 0.3) is 5.91 Å². The van der Waals surface area contributed by atoms with E-state index in [2.05, 4.69) is 10.4 Å². The first-order chi connectivity index (χ1) is 7.18. The van der Waals surface area contributed by atoms with E-state index in [1.54, 1.807) is 24.0 Å². The van der Waals surface area contributed by atoms with Crippen LogP contribution in [-0.4, -0.2) is 15.7 Å². The maximum Gasteiger partial charge on any atom is 0.267 e. The minimum atomic E-state index is -0.0777. The molecule has 2 rings (SSSR count). The molecular formula is C10H11N3OS. The van der Waals surface area contributed by atoms with Crippen LogP contribution in [-0.2, 0) is 7.05 Å². The summed E-state index contributed by atoms with van der Waals surface area (Å²) < 4.78 is 1.63. The molecule has 0 saturated carbocycles. The van der Waals surface area contributed by atoms with E-state index in [0.29, 0.717) is 5.82 Å². The van der Waals surface area contributed by atoms with Crippen LogP contribution in [0.1, 0.15) is 15.2 Å². The first kappa shape index (κ1) is 9.92. The van der Waals surface area contributed by atoms with Gasteiger partial charge in [0.2, 0.25) is 0 Å². The van der Waals surface area contributed by atoms with Gasteiger partial charge < -0.3 is 5.32 Å². The number of carbonyl (C=O) groups excluding carboxylic acids is 1. The van der Waals surface area contributed by atoms with Crippen LogP contribution in [0, 0.1) is 6.92 Å². The summed E-state index contributed by atoms with van der Waals surface area (Å²) >= 11 is 1.44. The number of aromatic nitrogens is 2. The molecule has 1 N–H and O–H groups in total. The fraction of sp³-hybridized carbons (Fsp3) is 0.200. The van der Waals surface area contributed by atoms with Gasteiger partial charge in [0.15, 0.2) is 0 Å². The van der Waals surface area contributed by atoms with Gasteiger partial charge in [-0.2, -0.15) is 5.10 Å². The molecule has 0 aliphatic carbocycles. The lowest BCUT2D eigenvalue weighted by Crippen LogP contribution is -2.14. The first-order valence-corrected chi connectivity index (χ1v) is 5.40. The number of nitrogens with one attached hydrogen (secondary N) is 1. The molecule has 78 valence electrons. The maximum atomic E-state index is 11.8. The van der Waals surface area contributed by atoms with Crippen molar-refractivity contribution in [2.24, 2.45) is 7.05 Å². The Labute approximate surface area is 91.5 Å². The molecule has 15 heavy (non-hydrogen) atoms. The lowest BCUT2D eigenvalue weighted by atomic mass is 10.3. The molecule has 5 heteroatoms. The van der Waals surface area contributed by atoms with Crippen molar-refractivity contribution in [1.29, 1.82) is 0 Å². The molecule has 0 fully saturated rings. The Morgan fingerprint density at radius 3 is 2.87 bits per heavy atom. The highest BCUT2D eigenvalue weighted by Gasteiger charge is 2.11. The number of anilines is 1. The number of nitrogens with zero attached hydrogens (tertiary/aromatic N) is 2. The van der Waals surface area contributed by atoms with Gasteiger partial charge in [-0.05, 0) is 23.9 Å². The van der Waals surface area contributed by atoms with E-state index in [4.69, 9.17) is 0 Å². The molecule has 0 spiro atoms. The summed E-state index contributed by atoms with van der Waals surface area (Å²) in [5.41, 5.74) is 1.000. The Bertz CT molecular complexity index is 486. The van der Waals surface area contributed by atoms with Crippen molar-refractivity contribution in [3.8, 4) is 0 Å². The average Bonchev–Trinajstić information content (AvgIpc) is 2.76. The molecule has 2 aromatic rings. The fourth-order valence-corrected chi connectivity index (χ4v) is 2.10. The fourth-order valence-electron chi connectivity index (χ4n) is 1.28. The summed E-state index contributed by atoms with van der Waals surface area (Å²) in [6, 6.07) is 3.70. The van der Waals surface area contributed by atoms with Crippen molar-refractivity contribution in [2.45, 2.75) is 6.92 Å². The Balaban J connectivity index is 2.18. The second-order valence-electron chi connectivity index (χ2n) is 3.23. The number of hydrogen-bond donors (Lipinski definition) is 1. The van der Waals surface area contributed by atoms with Crippen LogP contribution in [0.5, 0.6) is 0 Å². The summed E-state index contributed by atoms with van der Waals surface area (Å²) in [6.07, 6.45) is 1.65. The molecule has 0 aliphatic rings. The number of hydrogen-bond acceptors (Lipinski definition) is 3. The van der Waals surface area contributed by atoms with Crippen molar-refractivity contribution in [3.05, 3.63) is 34.2 Å². The zero-order chi connectivity index (χ0) is 10.8. The third-order valence-corrected chi connectivity index (χ3v) is 3.15. The van der Waals surface area contributed by atoms with E-state index in [1.165, 1.54) is 11.3 Å². The minimum absolute atomic E-state index is 0.0777. The molecule has 2 aromatic heterocycles. The third kappa shape index (κ3) is 1.92. The quantitative estimate of drug-likeness (QED) is 0.843. The molecule has 0 aliphatic heterocycles. The summed E-state index contributed by atoms with van der Waals surface area (Å²) in [6.45, 7) is 1.93. The standard InChI is InChI=1S/C10H11N3OS/c1-7-4-6-15-9(7)10(14)12-8-3-5-11-13(8)2/h3-6H,1-2H3,(H,12,14). The molecule has 4 nitrogen and oxygen atoms in total. The third-order valence-electron chi connectivity index (χ3n) is 2.13. The van der Waals surface area contributed by atoms with Crippen LogP contribution >= 0.6 is 11.3 Å². The number of thiophene rings is 1. The van der Waals surface area contributed by atoms with Gasteiger partial charge in [-0.1, -0.05) is 0 Å². The molecule has 0 bridgehead atoms. The summed E-state index contributed by atoms with van der Waals surface area (Å²) in [5.74, 6) is 0.624. The average molecular weight is 221 g/mol. The van der Waals surface area contributed by atoms with Crippen molar-refractivity contribution >= 4 is 23.1 Å². The smallest absolute Gasteiger partial charge is 0.267 e. The van der Waals surface area contributed by atoms with Crippen LogP contribution in [0.2, 0.25) is 0 Å². The molecule has 0 atom stereocenters. The predicted octanol–water partition coefficient (Wildman–Crippen LogP) is 2.04. The van der Waals surface area contributed by atoms with Crippen LogP contribution < -0.4 is 5.32 Å². The number of carbonyl (C=O) groups is 1. The van der Waals surface area contributed by atoms with Gasteiger partial charge in [0.05, 0.1) is 11.1 Å². The van der Waals surface area contributed by atoms with E-state index in [0.717, 1.165) is 10.4 Å². The lowest BCUT2D eigenvalue weighted by Gasteiger charge is -2.03. The number of rotatable bonds is 2. The van der Waals surface area contributed by atoms with Gasteiger partial charge in [0.1, 0.15) is 5.82 Å². The molecule has 0 unspecified atom stereocenters. The molecular weight excluding hydrogens is 210 g/mol. The topological polar surface area (TPSA) is 46.9 Å². The Morgan fingerprint density at radius 1 is 1.53 bits per heavy atom. The van der Waals surface area contributed by atoms with Gasteiger partial charge in [0, 0.05) is 13.1 Å². The zero-order valence-corrected chi connectivity index (χ0v) is 9.34. The van der Waals surface area contributed by atoms with E-state index >= 15 is 0 Å². The highest BCUT2D eigenvalue weighted by atomic mass is 32.1.